The summed E-state index contributed by atoms with van der Waals surface area (Å²) in [5, 5.41) is 0. The van der Waals surface area contributed by atoms with E-state index in [0.717, 1.165) is 6.42 Å². The fraction of sp³-hybridized carbons (Fsp3) is 0.400. The topological polar surface area (TPSA) is 33.2 Å². The second-order valence-electron chi connectivity index (χ2n) is 2.96. The summed E-state index contributed by atoms with van der Waals surface area (Å²) >= 11 is 3.32. The fourth-order valence-electron chi connectivity index (χ4n) is 1.05. The zero-order valence-corrected chi connectivity index (χ0v) is 9.86. The first kappa shape index (κ1) is 11.2. The number of carbonyl (C=O) groups is 1. The van der Waals surface area contributed by atoms with Gasteiger partial charge in [0.1, 0.15) is 5.82 Å². The molecule has 1 unspecified atom stereocenters. The van der Waals surface area contributed by atoms with Crippen LogP contribution in [0.5, 0.6) is 0 Å². The molecule has 0 aliphatic carbocycles. The third-order valence-corrected chi connectivity index (χ3v) is 2.99. The van der Waals surface area contributed by atoms with Crippen LogP contribution in [0.4, 0.5) is 5.82 Å². The molecule has 0 spiro atoms. The normalized spacial score (nSPS) is 12.2. The molecule has 1 aromatic rings. The van der Waals surface area contributed by atoms with Crippen LogP contribution >= 0.6 is 15.9 Å². The Balaban J connectivity index is 2.76. The highest BCUT2D eigenvalue weighted by Gasteiger charge is 2.18. The van der Waals surface area contributed by atoms with Crippen LogP contribution in [0.1, 0.15) is 13.3 Å². The van der Waals surface area contributed by atoms with E-state index in [1.54, 1.807) is 18.1 Å². The van der Waals surface area contributed by atoms with Gasteiger partial charge in [-0.15, -0.1) is 0 Å². The van der Waals surface area contributed by atoms with E-state index in [9.17, 15) is 4.79 Å². The highest BCUT2D eigenvalue weighted by molar-refractivity contribution is 9.10. The maximum Gasteiger partial charge on any atom is 0.241 e. The first-order valence-electron chi connectivity index (χ1n) is 4.49. The van der Waals surface area contributed by atoms with Gasteiger partial charge >= 0.3 is 0 Å². The molecule has 0 fully saturated rings. The van der Waals surface area contributed by atoms with Crippen LogP contribution in [0.2, 0.25) is 0 Å². The van der Waals surface area contributed by atoms with E-state index in [2.05, 4.69) is 20.9 Å². The summed E-state index contributed by atoms with van der Waals surface area (Å²) in [6.45, 7) is 1.96. The summed E-state index contributed by atoms with van der Waals surface area (Å²) in [4.78, 5) is 17.2. The summed E-state index contributed by atoms with van der Waals surface area (Å²) in [5.74, 6) is 0.710. The lowest BCUT2D eigenvalue weighted by atomic mass is 10.3. The van der Waals surface area contributed by atoms with Crippen molar-refractivity contribution in [3.8, 4) is 0 Å². The van der Waals surface area contributed by atoms with Crippen LogP contribution < -0.4 is 4.90 Å². The van der Waals surface area contributed by atoms with E-state index in [1.165, 1.54) is 0 Å². The molecule has 0 N–H and O–H groups in total. The maximum atomic E-state index is 11.7. The molecule has 0 radical (unpaired) electrons. The van der Waals surface area contributed by atoms with Gasteiger partial charge in [0.15, 0.2) is 0 Å². The molecule has 1 amide bonds. The largest absolute Gasteiger partial charge is 0.299 e. The molecule has 1 heterocycles. The molecular formula is C10H13BrN2O. The van der Waals surface area contributed by atoms with Gasteiger partial charge in [0, 0.05) is 13.2 Å². The van der Waals surface area contributed by atoms with E-state index in [0.29, 0.717) is 5.82 Å². The summed E-state index contributed by atoms with van der Waals surface area (Å²) in [6.07, 6.45) is 2.45. The monoisotopic (exact) mass is 256 g/mol. The highest BCUT2D eigenvalue weighted by atomic mass is 79.9. The standard InChI is InChI=1S/C10H13BrN2O/c1-3-8(11)10(14)13(2)9-6-4-5-7-12-9/h4-8H,3H2,1-2H3. The molecule has 1 atom stereocenters. The van der Waals surface area contributed by atoms with Crippen molar-refractivity contribution in [1.29, 1.82) is 0 Å². The number of anilines is 1. The molecule has 0 saturated heterocycles. The zero-order valence-electron chi connectivity index (χ0n) is 8.27. The number of nitrogens with zero attached hydrogens (tertiary/aromatic N) is 2. The second kappa shape index (κ2) is 5.10. The Labute approximate surface area is 92.3 Å². The molecule has 3 nitrogen and oxygen atoms in total. The Morgan fingerprint density at radius 2 is 2.36 bits per heavy atom. The van der Waals surface area contributed by atoms with E-state index in [-0.39, 0.29) is 10.7 Å². The first-order valence-corrected chi connectivity index (χ1v) is 5.41. The Bertz CT molecular complexity index is 302. The number of halogens is 1. The van der Waals surface area contributed by atoms with Crippen molar-refractivity contribution in [3.63, 3.8) is 0 Å². The number of hydrogen-bond donors (Lipinski definition) is 0. The van der Waals surface area contributed by atoms with Gasteiger partial charge in [-0.05, 0) is 18.6 Å². The van der Waals surface area contributed by atoms with Crippen LogP contribution in [0.25, 0.3) is 0 Å². The highest BCUT2D eigenvalue weighted by Crippen LogP contribution is 2.13. The minimum absolute atomic E-state index is 0.0335. The molecule has 1 aromatic heterocycles. The SMILES string of the molecule is CCC(Br)C(=O)N(C)c1ccccn1. The summed E-state index contributed by atoms with van der Waals surface area (Å²) < 4.78 is 0. The Morgan fingerprint density at radius 3 is 2.86 bits per heavy atom. The lowest BCUT2D eigenvalue weighted by Gasteiger charge is -2.18. The maximum absolute atomic E-state index is 11.7. The predicted octanol–water partition coefficient (Wildman–Crippen LogP) is 2.22. The summed E-state index contributed by atoms with van der Waals surface area (Å²) in [5.41, 5.74) is 0. The number of carbonyl (C=O) groups excluding carboxylic acids is 1. The van der Waals surface area contributed by atoms with Crippen LogP contribution in [-0.4, -0.2) is 22.8 Å². The Hall–Kier alpha value is -0.900. The van der Waals surface area contributed by atoms with Crippen LogP contribution in [0.15, 0.2) is 24.4 Å². The van der Waals surface area contributed by atoms with Crippen LogP contribution in [0.3, 0.4) is 0 Å². The van der Waals surface area contributed by atoms with E-state index in [4.69, 9.17) is 0 Å². The number of amides is 1. The molecule has 0 saturated carbocycles. The van der Waals surface area contributed by atoms with Crippen molar-refractivity contribution in [2.24, 2.45) is 0 Å². The Morgan fingerprint density at radius 1 is 1.64 bits per heavy atom. The third kappa shape index (κ3) is 2.54. The van der Waals surface area contributed by atoms with Crippen LogP contribution in [-0.2, 0) is 4.79 Å². The number of rotatable bonds is 3. The van der Waals surface area contributed by atoms with Crippen molar-refractivity contribution in [2.75, 3.05) is 11.9 Å². The minimum atomic E-state index is -0.130. The van der Waals surface area contributed by atoms with E-state index < -0.39 is 0 Å². The van der Waals surface area contributed by atoms with Gasteiger partial charge in [-0.2, -0.15) is 0 Å². The number of hydrogen-bond acceptors (Lipinski definition) is 2. The number of pyridine rings is 1. The summed E-state index contributed by atoms with van der Waals surface area (Å²) in [7, 11) is 1.73. The minimum Gasteiger partial charge on any atom is -0.299 e. The van der Waals surface area contributed by atoms with Gasteiger partial charge in [0.05, 0.1) is 4.83 Å². The number of aromatic nitrogens is 1. The first-order chi connectivity index (χ1) is 6.66. The van der Waals surface area contributed by atoms with Gasteiger partial charge in [-0.1, -0.05) is 28.9 Å². The molecule has 0 aliphatic rings. The predicted molar refractivity (Wildman–Crippen MR) is 60.7 cm³/mol. The van der Waals surface area contributed by atoms with Gasteiger partial charge in [0.25, 0.3) is 0 Å². The van der Waals surface area contributed by atoms with E-state index in [1.807, 2.05) is 25.1 Å². The molecule has 0 aliphatic heterocycles. The third-order valence-electron chi connectivity index (χ3n) is 1.95. The van der Waals surface area contributed by atoms with Crippen molar-refractivity contribution < 1.29 is 4.79 Å². The lowest BCUT2D eigenvalue weighted by Crippen LogP contribution is -2.33. The van der Waals surface area contributed by atoms with Crippen molar-refractivity contribution in [1.82, 2.24) is 4.98 Å². The molecule has 76 valence electrons. The zero-order chi connectivity index (χ0) is 10.6. The smallest absolute Gasteiger partial charge is 0.241 e. The van der Waals surface area contributed by atoms with Gasteiger partial charge < -0.3 is 0 Å². The van der Waals surface area contributed by atoms with Crippen molar-refractivity contribution in [2.45, 2.75) is 18.2 Å². The van der Waals surface area contributed by atoms with Crippen molar-refractivity contribution >= 4 is 27.7 Å². The quantitative estimate of drug-likeness (QED) is 0.778. The summed E-state index contributed by atoms with van der Waals surface area (Å²) in [6, 6.07) is 5.50. The average Bonchev–Trinajstić information content (AvgIpc) is 2.27. The molecule has 14 heavy (non-hydrogen) atoms. The molecule has 4 heteroatoms. The Kier molecular flexibility index (Phi) is 4.07. The molecular weight excluding hydrogens is 244 g/mol. The molecule has 0 aromatic carbocycles. The second-order valence-corrected chi connectivity index (χ2v) is 4.07. The van der Waals surface area contributed by atoms with Crippen LogP contribution in [0, 0.1) is 0 Å². The van der Waals surface area contributed by atoms with Crippen molar-refractivity contribution in [3.05, 3.63) is 24.4 Å². The molecule has 0 bridgehead atoms. The van der Waals surface area contributed by atoms with Gasteiger partial charge in [-0.25, -0.2) is 4.98 Å². The average molecular weight is 257 g/mol. The lowest BCUT2D eigenvalue weighted by molar-refractivity contribution is -0.117. The fourth-order valence-corrected chi connectivity index (χ4v) is 1.36. The van der Waals surface area contributed by atoms with Gasteiger partial charge in [-0.3, -0.25) is 9.69 Å². The van der Waals surface area contributed by atoms with E-state index >= 15 is 0 Å². The number of alkyl halides is 1. The molecule has 1 rings (SSSR count). The van der Waals surface area contributed by atoms with Gasteiger partial charge in [0.2, 0.25) is 5.91 Å².